The van der Waals surface area contributed by atoms with Gasteiger partial charge in [-0.3, -0.25) is 0 Å². The van der Waals surface area contributed by atoms with Crippen LogP contribution in [-0.2, 0) is 17.6 Å². The number of cyclic esters (lactones) is 1. The highest BCUT2D eigenvalue weighted by molar-refractivity contribution is 5.98. The van der Waals surface area contributed by atoms with Crippen LogP contribution in [-0.4, -0.2) is 17.7 Å². The Kier molecular flexibility index (Phi) is 3.53. The van der Waals surface area contributed by atoms with E-state index in [2.05, 4.69) is 0 Å². The molecule has 0 radical (unpaired) electrons. The highest BCUT2D eigenvalue weighted by Crippen LogP contribution is 2.44. The molecule has 1 atom stereocenters. The zero-order chi connectivity index (χ0) is 16.7. The zero-order valence-corrected chi connectivity index (χ0v) is 13.4. The number of carbonyl (C=O) groups is 1. The van der Waals surface area contributed by atoms with E-state index in [9.17, 15) is 9.90 Å². The van der Waals surface area contributed by atoms with Gasteiger partial charge in [0, 0.05) is 17.5 Å². The van der Waals surface area contributed by atoms with Crippen molar-refractivity contribution in [2.75, 3.05) is 6.61 Å². The maximum Gasteiger partial charge on any atom is 0.342 e. The molecular formula is C20H18O4. The summed E-state index contributed by atoms with van der Waals surface area (Å²) < 4.78 is 11.3. The van der Waals surface area contributed by atoms with Crippen LogP contribution in [0.5, 0.6) is 11.5 Å². The van der Waals surface area contributed by atoms with E-state index < -0.39 is 12.1 Å². The highest BCUT2D eigenvalue weighted by atomic mass is 16.5. The molecule has 4 nitrogen and oxygen atoms in total. The smallest absolute Gasteiger partial charge is 0.342 e. The molecule has 0 bridgehead atoms. The Morgan fingerprint density at radius 3 is 2.83 bits per heavy atom. The average molecular weight is 322 g/mol. The molecule has 24 heavy (non-hydrogen) atoms. The molecule has 0 spiro atoms. The highest BCUT2D eigenvalue weighted by Gasteiger charge is 2.36. The maximum atomic E-state index is 12.3. The third-order valence-corrected chi connectivity index (χ3v) is 4.57. The Balaban J connectivity index is 1.75. The Labute approximate surface area is 140 Å². The minimum atomic E-state index is -0.462. The molecule has 2 aliphatic rings. The summed E-state index contributed by atoms with van der Waals surface area (Å²) in [6.07, 6.45) is 2.75. The average Bonchev–Trinajstić information content (AvgIpc) is 2.76. The van der Waals surface area contributed by atoms with E-state index in [1.54, 1.807) is 0 Å². The lowest BCUT2D eigenvalue weighted by molar-refractivity contribution is 0.0385. The fourth-order valence-electron chi connectivity index (χ4n) is 3.26. The van der Waals surface area contributed by atoms with Gasteiger partial charge in [-0.05, 0) is 30.5 Å². The first-order valence-electron chi connectivity index (χ1n) is 8.05. The van der Waals surface area contributed by atoms with Crippen LogP contribution in [0.25, 0.3) is 0 Å². The fraction of sp³-hybridized carbons (Fsp3) is 0.250. The minimum Gasteiger partial charge on any atom is -0.507 e. The van der Waals surface area contributed by atoms with Crippen LogP contribution >= 0.6 is 0 Å². The number of ether oxygens (including phenoxy) is 2. The first-order valence-corrected chi connectivity index (χ1v) is 8.05. The number of benzene rings is 2. The number of rotatable bonds is 2. The molecule has 0 aliphatic carbocycles. The normalized spacial score (nSPS) is 18.8. The van der Waals surface area contributed by atoms with Crippen LogP contribution in [0.15, 0.2) is 48.0 Å². The first-order chi connectivity index (χ1) is 11.6. The third-order valence-electron chi connectivity index (χ3n) is 4.57. The van der Waals surface area contributed by atoms with Crippen LogP contribution in [0.4, 0.5) is 0 Å². The molecule has 0 unspecified atom stereocenters. The Morgan fingerprint density at radius 1 is 1.25 bits per heavy atom. The van der Waals surface area contributed by atoms with Gasteiger partial charge in [-0.2, -0.15) is 0 Å². The van der Waals surface area contributed by atoms with Crippen molar-refractivity contribution in [2.45, 2.75) is 25.9 Å². The van der Waals surface area contributed by atoms with Crippen molar-refractivity contribution in [2.24, 2.45) is 0 Å². The predicted molar refractivity (Wildman–Crippen MR) is 89.4 cm³/mol. The van der Waals surface area contributed by atoms with Crippen LogP contribution in [0.1, 0.15) is 40.1 Å². The summed E-state index contributed by atoms with van der Waals surface area (Å²) >= 11 is 0. The van der Waals surface area contributed by atoms with Gasteiger partial charge in [-0.15, -0.1) is 0 Å². The quantitative estimate of drug-likeness (QED) is 0.676. The van der Waals surface area contributed by atoms with Gasteiger partial charge in [-0.25, -0.2) is 4.79 Å². The van der Waals surface area contributed by atoms with E-state index in [4.69, 9.17) is 9.47 Å². The summed E-state index contributed by atoms with van der Waals surface area (Å²) in [6.45, 7) is 2.48. The molecule has 4 heteroatoms. The van der Waals surface area contributed by atoms with Crippen molar-refractivity contribution in [3.05, 3.63) is 70.3 Å². The van der Waals surface area contributed by atoms with E-state index in [1.807, 2.05) is 49.4 Å². The number of fused-ring (bicyclic) bond motifs is 2. The molecule has 122 valence electrons. The van der Waals surface area contributed by atoms with Crippen molar-refractivity contribution in [3.8, 4) is 11.5 Å². The predicted octanol–water partition coefficient (Wildman–Crippen LogP) is 3.73. The fourth-order valence-corrected chi connectivity index (χ4v) is 3.26. The molecular weight excluding hydrogens is 304 g/mol. The van der Waals surface area contributed by atoms with E-state index in [0.29, 0.717) is 36.3 Å². The summed E-state index contributed by atoms with van der Waals surface area (Å²) in [5, 5.41) is 10.6. The number of hydrogen-bond donors (Lipinski definition) is 1. The molecule has 4 rings (SSSR count). The second kappa shape index (κ2) is 5.71. The van der Waals surface area contributed by atoms with Gasteiger partial charge in [-0.1, -0.05) is 36.4 Å². The molecule has 2 aliphatic heterocycles. The zero-order valence-electron chi connectivity index (χ0n) is 13.4. The summed E-state index contributed by atoms with van der Waals surface area (Å²) in [5.74, 6) is 0.168. The van der Waals surface area contributed by atoms with Crippen LogP contribution < -0.4 is 4.74 Å². The Hall–Kier alpha value is -2.75. The largest absolute Gasteiger partial charge is 0.507 e. The Morgan fingerprint density at radius 2 is 2.04 bits per heavy atom. The van der Waals surface area contributed by atoms with Gasteiger partial charge in [0.2, 0.25) is 0 Å². The summed E-state index contributed by atoms with van der Waals surface area (Å²) in [5.41, 5.74) is 3.83. The van der Waals surface area contributed by atoms with Crippen molar-refractivity contribution >= 4 is 5.97 Å². The lowest BCUT2D eigenvalue weighted by Crippen LogP contribution is -2.03. The number of hydrogen-bond acceptors (Lipinski definition) is 4. The molecule has 2 aromatic rings. The standard InChI is InChI=1S/C20H18O4/c1-12-7-8-14-16(23-11-12)10-15-17(9-13-5-3-2-4-6-13)24-20(22)18(15)19(14)21/h2-7,10,17,21H,8-9,11H2,1H3/t17-/m0/s1. The second-order valence-electron chi connectivity index (χ2n) is 6.29. The van der Waals surface area contributed by atoms with Crippen molar-refractivity contribution in [1.29, 1.82) is 0 Å². The summed E-state index contributed by atoms with van der Waals surface area (Å²) in [7, 11) is 0. The number of phenols is 1. The molecule has 0 saturated carbocycles. The van der Waals surface area contributed by atoms with Gasteiger partial charge >= 0.3 is 5.97 Å². The van der Waals surface area contributed by atoms with Gasteiger partial charge < -0.3 is 14.6 Å². The Bertz CT molecular complexity index is 836. The van der Waals surface area contributed by atoms with Crippen LogP contribution in [0.2, 0.25) is 0 Å². The maximum absolute atomic E-state index is 12.3. The first kappa shape index (κ1) is 14.8. The van der Waals surface area contributed by atoms with Crippen LogP contribution in [0.3, 0.4) is 0 Å². The topological polar surface area (TPSA) is 55.8 Å². The SMILES string of the molecule is CC1=CCc2c(cc3c(c2O)C(=O)O[C@H]3Cc2ccccc2)OC1. The summed E-state index contributed by atoms with van der Waals surface area (Å²) in [6, 6.07) is 11.7. The van der Waals surface area contributed by atoms with Gasteiger partial charge in [0.05, 0.1) is 0 Å². The van der Waals surface area contributed by atoms with Gasteiger partial charge in [0.1, 0.15) is 29.8 Å². The lowest BCUT2D eigenvalue weighted by atomic mass is 9.95. The second-order valence-corrected chi connectivity index (χ2v) is 6.29. The number of esters is 1. The monoisotopic (exact) mass is 322 g/mol. The number of phenolic OH excluding ortho intramolecular Hbond substituents is 1. The molecule has 0 saturated heterocycles. The minimum absolute atomic E-state index is 0.00554. The van der Waals surface area contributed by atoms with E-state index in [-0.39, 0.29) is 11.3 Å². The molecule has 0 amide bonds. The molecule has 2 aromatic carbocycles. The number of aromatic hydroxyl groups is 1. The van der Waals surface area contributed by atoms with E-state index in [1.165, 1.54) is 0 Å². The third kappa shape index (κ3) is 2.44. The molecule has 0 aromatic heterocycles. The van der Waals surface area contributed by atoms with E-state index in [0.717, 1.165) is 11.1 Å². The summed E-state index contributed by atoms with van der Waals surface area (Å²) in [4.78, 5) is 12.3. The molecule has 1 N–H and O–H groups in total. The van der Waals surface area contributed by atoms with Gasteiger partial charge in [0.15, 0.2) is 0 Å². The van der Waals surface area contributed by atoms with E-state index >= 15 is 0 Å². The number of carbonyl (C=O) groups excluding carboxylic acids is 1. The molecule has 2 heterocycles. The lowest BCUT2D eigenvalue weighted by Gasteiger charge is -2.14. The van der Waals surface area contributed by atoms with Crippen molar-refractivity contribution in [3.63, 3.8) is 0 Å². The van der Waals surface area contributed by atoms with Crippen molar-refractivity contribution in [1.82, 2.24) is 0 Å². The molecule has 0 fully saturated rings. The van der Waals surface area contributed by atoms with Gasteiger partial charge in [0.25, 0.3) is 0 Å². The number of allylic oxidation sites excluding steroid dienone is 1. The van der Waals surface area contributed by atoms with Crippen LogP contribution in [0, 0.1) is 0 Å². The van der Waals surface area contributed by atoms with Crippen molar-refractivity contribution < 1.29 is 19.4 Å².